The first-order chi connectivity index (χ1) is 19.1. The highest BCUT2D eigenvalue weighted by Crippen LogP contribution is 2.37. The molecule has 8 nitrogen and oxygen atoms in total. The average Bonchev–Trinajstić information content (AvgIpc) is 2.92. The van der Waals surface area contributed by atoms with Crippen molar-refractivity contribution in [3.05, 3.63) is 124 Å². The first kappa shape index (κ1) is 28.1. The van der Waals surface area contributed by atoms with Crippen LogP contribution >= 0.6 is 11.8 Å². The summed E-state index contributed by atoms with van der Waals surface area (Å²) in [7, 11) is 0. The molecule has 4 aromatic rings. The van der Waals surface area contributed by atoms with Crippen LogP contribution in [0.4, 0.5) is 11.4 Å². The molecule has 4 aromatic carbocycles. The molecule has 0 radical (unpaired) electrons. The standard InChI is InChI=1S/C31H26N2O6S/c1-18-14-19(2)16-23(15-18)33-29(35)27(20-6-4-3-5-7-20)40-24-11-9-22(10-12-24)32-28(34)25-13-8-21(30(36)37)17-26(25)31(38)39/h3-17,27H,1-2H3,(H,32,34)(H,33,35)(H,36,37)(H,38,39). The second-order valence-electron chi connectivity index (χ2n) is 9.12. The quantitative estimate of drug-likeness (QED) is 0.175. The maximum absolute atomic E-state index is 13.4. The van der Waals surface area contributed by atoms with E-state index in [2.05, 4.69) is 10.6 Å². The minimum absolute atomic E-state index is 0.164. The number of rotatable bonds is 9. The SMILES string of the molecule is Cc1cc(C)cc(NC(=O)C(Sc2ccc(NC(=O)c3ccc(C(=O)O)cc3C(=O)O)cc2)c2ccccc2)c1. The predicted molar refractivity (Wildman–Crippen MR) is 154 cm³/mol. The summed E-state index contributed by atoms with van der Waals surface area (Å²) in [6.07, 6.45) is 0. The highest BCUT2D eigenvalue weighted by molar-refractivity contribution is 8.00. The number of carbonyl (C=O) groups excluding carboxylic acids is 2. The number of anilines is 2. The van der Waals surface area contributed by atoms with Gasteiger partial charge < -0.3 is 20.8 Å². The lowest BCUT2D eigenvalue weighted by molar-refractivity contribution is -0.115. The molecule has 40 heavy (non-hydrogen) atoms. The number of hydrogen-bond acceptors (Lipinski definition) is 5. The number of carbonyl (C=O) groups is 4. The number of thioether (sulfide) groups is 1. The largest absolute Gasteiger partial charge is 0.478 e. The molecule has 9 heteroatoms. The lowest BCUT2D eigenvalue weighted by atomic mass is 10.0. The van der Waals surface area contributed by atoms with E-state index in [1.54, 1.807) is 24.3 Å². The molecule has 0 aliphatic rings. The summed E-state index contributed by atoms with van der Waals surface area (Å²) in [5.41, 5.74) is 3.24. The topological polar surface area (TPSA) is 133 Å². The number of carboxylic acids is 2. The molecule has 0 heterocycles. The van der Waals surface area contributed by atoms with Crippen molar-refractivity contribution in [3.63, 3.8) is 0 Å². The Morgan fingerprint density at radius 1 is 0.675 bits per heavy atom. The lowest BCUT2D eigenvalue weighted by Gasteiger charge is -2.18. The average molecular weight is 555 g/mol. The predicted octanol–water partition coefficient (Wildman–Crippen LogP) is 6.42. The van der Waals surface area contributed by atoms with Crippen molar-refractivity contribution >= 4 is 46.9 Å². The summed E-state index contributed by atoms with van der Waals surface area (Å²) in [5, 5.41) is 23.7. The molecule has 0 spiro atoms. The molecule has 1 atom stereocenters. The molecule has 0 saturated carbocycles. The number of benzene rings is 4. The fourth-order valence-electron chi connectivity index (χ4n) is 4.16. The van der Waals surface area contributed by atoms with Crippen molar-refractivity contribution in [2.75, 3.05) is 10.6 Å². The van der Waals surface area contributed by atoms with Gasteiger partial charge in [-0.3, -0.25) is 9.59 Å². The van der Waals surface area contributed by atoms with E-state index in [9.17, 15) is 24.3 Å². The molecular formula is C31H26N2O6S. The van der Waals surface area contributed by atoms with Gasteiger partial charge in [0, 0.05) is 16.3 Å². The zero-order valence-corrected chi connectivity index (χ0v) is 22.5. The summed E-state index contributed by atoms with van der Waals surface area (Å²) in [6.45, 7) is 3.94. The number of hydrogen-bond donors (Lipinski definition) is 4. The smallest absolute Gasteiger partial charge is 0.336 e. The molecule has 0 aliphatic heterocycles. The molecule has 4 rings (SSSR count). The van der Waals surface area contributed by atoms with Gasteiger partial charge in [0.2, 0.25) is 5.91 Å². The Hall–Kier alpha value is -4.89. The van der Waals surface area contributed by atoms with E-state index in [-0.39, 0.29) is 17.0 Å². The van der Waals surface area contributed by atoms with Gasteiger partial charge in [-0.1, -0.05) is 36.4 Å². The summed E-state index contributed by atoms with van der Waals surface area (Å²) < 4.78 is 0. The van der Waals surface area contributed by atoms with E-state index in [0.717, 1.165) is 33.3 Å². The van der Waals surface area contributed by atoms with Crippen LogP contribution in [-0.2, 0) is 4.79 Å². The van der Waals surface area contributed by atoms with Crippen molar-refractivity contribution in [1.29, 1.82) is 0 Å². The summed E-state index contributed by atoms with van der Waals surface area (Å²) in [6, 6.07) is 25.4. The van der Waals surface area contributed by atoms with Crippen molar-refractivity contribution in [2.24, 2.45) is 0 Å². The Bertz CT molecular complexity index is 1570. The van der Waals surface area contributed by atoms with Crippen molar-refractivity contribution in [1.82, 2.24) is 0 Å². The van der Waals surface area contributed by atoms with Gasteiger partial charge in [-0.2, -0.15) is 0 Å². The number of carboxylic acid groups (broad SMARTS) is 2. The second-order valence-corrected chi connectivity index (χ2v) is 10.3. The van der Waals surface area contributed by atoms with Crippen LogP contribution in [-0.4, -0.2) is 34.0 Å². The normalized spacial score (nSPS) is 11.3. The van der Waals surface area contributed by atoms with Crippen LogP contribution in [0, 0.1) is 13.8 Å². The van der Waals surface area contributed by atoms with Crippen LogP contribution in [0.1, 0.15) is 53.0 Å². The van der Waals surface area contributed by atoms with Gasteiger partial charge in [-0.25, -0.2) is 9.59 Å². The summed E-state index contributed by atoms with van der Waals surface area (Å²) in [4.78, 5) is 49.8. The molecule has 4 N–H and O–H groups in total. The van der Waals surface area contributed by atoms with Gasteiger partial charge in [-0.15, -0.1) is 11.8 Å². The minimum Gasteiger partial charge on any atom is -0.478 e. The Morgan fingerprint density at radius 2 is 1.32 bits per heavy atom. The fourth-order valence-corrected chi connectivity index (χ4v) is 5.18. The van der Waals surface area contributed by atoms with Gasteiger partial charge in [0.1, 0.15) is 5.25 Å². The van der Waals surface area contributed by atoms with Crippen LogP contribution in [0.15, 0.2) is 95.9 Å². The van der Waals surface area contributed by atoms with Gasteiger partial charge in [0.05, 0.1) is 16.7 Å². The Balaban J connectivity index is 1.52. The van der Waals surface area contributed by atoms with Crippen LogP contribution in [0.3, 0.4) is 0 Å². The zero-order valence-electron chi connectivity index (χ0n) is 21.7. The molecule has 0 saturated heterocycles. The van der Waals surface area contributed by atoms with Crippen molar-refractivity contribution in [3.8, 4) is 0 Å². The van der Waals surface area contributed by atoms with E-state index in [1.165, 1.54) is 23.9 Å². The zero-order chi connectivity index (χ0) is 28.8. The monoisotopic (exact) mass is 554 g/mol. The van der Waals surface area contributed by atoms with E-state index in [0.29, 0.717) is 5.69 Å². The van der Waals surface area contributed by atoms with E-state index >= 15 is 0 Å². The van der Waals surface area contributed by atoms with Gasteiger partial charge in [0.25, 0.3) is 5.91 Å². The van der Waals surface area contributed by atoms with Crippen LogP contribution < -0.4 is 10.6 Å². The summed E-state index contributed by atoms with van der Waals surface area (Å²) >= 11 is 1.35. The number of aromatic carboxylic acids is 2. The highest BCUT2D eigenvalue weighted by atomic mass is 32.2. The van der Waals surface area contributed by atoms with Gasteiger partial charge in [0.15, 0.2) is 0 Å². The Kier molecular flexibility index (Phi) is 8.66. The molecule has 0 aromatic heterocycles. The van der Waals surface area contributed by atoms with Gasteiger partial charge >= 0.3 is 11.9 Å². The van der Waals surface area contributed by atoms with E-state index < -0.39 is 28.7 Å². The maximum Gasteiger partial charge on any atom is 0.336 e. The number of amides is 2. The minimum atomic E-state index is -1.41. The molecule has 0 aliphatic carbocycles. The van der Waals surface area contributed by atoms with Crippen molar-refractivity contribution < 1.29 is 29.4 Å². The van der Waals surface area contributed by atoms with Crippen LogP contribution in [0.5, 0.6) is 0 Å². The Morgan fingerprint density at radius 3 is 1.93 bits per heavy atom. The molecular weight excluding hydrogens is 528 g/mol. The fraction of sp³-hybridized carbons (Fsp3) is 0.0968. The molecule has 0 fully saturated rings. The lowest BCUT2D eigenvalue weighted by Crippen LogP contribution is -2.19. The third-order valence-corrected chi connectivity index (χ3v) is 7.20. The van der Waals surface area contributed by atoms with E-state index in [4.69, 9.17) is 5.11 Å². The maximum atomic E-state index is 13.4. The van der Waals surface area contributed by atoms with Gasteiger partial charge in [-0.05, 0) is 85.1 Å². The second kappa shape index (κ2) is 12.3. The van der Waals surface area contributed by atoms with Crippen molar-refractivity contribution in [2.45, 2.75) is 24.0 Å². The first-order valence-electron chi connectivity index (χ1n) is 12.2. The molecule has 2 amide bonds. The number of nitrogens with one attached hydrogen (secondary N) is 2. The third-order valence-electron chi connectivity index (χ3n) is 5.94. The third kappa shape index (κ3) is 6.95. The first-order valence-corrected chi connectivity index (χ1v) is 13.1. The molecule has 0 bridgehead atoms. The number of aryl methyl sites for hydroxylation is 2. The summed E-state index contributed by atoms with van der Waals surface area (Å²) in [5.74, 6) is -3.57. The van der Waals surface area contributed by atoms with E-state index in [1.807, 2.05) is 62.4 Å². The van der Waals surface area contributed by atoms with Crippen LogP contribution in [0.2, 0.25) is 0 Å². The Labute approximate surface area is 235 Å². The van der Waals surface area contributed by atoms with Crippen LogP contribution in [0.25, 0.3) is 0 Å². The highest BCUT2D eigenvalue weighted by Gasteiger charge is 2.23. The molecule has 1 unspecified atom stereocenters. The molecule has 202 valence electrons.